The molecule has 2 unspecified atom stereocenters. The molecule has 6 aromatic rings. The van der Waals surface area contributed by atoms with Crippen LogP contribution in [-0.2, 0) is 11.2 Å². The average Bonchev–Trinajstić information content (AvgIpc) is 3.72. The zero-order valence-electron chi connectivity index (χ0n) is 20.7. The molecule has 2 aromatic carbocycles. The Morgan fingerprint density at radius 2 is 1.37 bits per heavy atom. The highest BCUT2D eigenvalue weighted by Gasteiger charge is 2.33. The summed E-state index contributed by atoms with van der Waals surface area (Å²) >= 11 is 2.43. The number of nitro benzene ring substituents is 2. The van der Waals surface area contributed by atoms with E-state index >= 15 is 0 Å². The molecule has 0 aliphatic carbocycles. The van der Waals surface area contributed by atoms with Gasteiger partial charge in [0, 0.05) is 47.4 Å². The summed E-state index contributed by atoms with van der Waals surface area (Å²) in [4.78, 5) is 44.3. The number of carbonyl (C=O) groups is 1. The van der Waals surface area contributed by atoms with E-state index in [2.05, 4.69) is 9.97 Å². The average molecular weight is 591 g/mol. The summed E-state index contributed by atoms with van der Waals surface area (Å²) < 4.78 is 3.22. The van der Waals surface area contributed by atoms with Crippen LogP contribution in [0.5, 0.6) is 0 Å². The van der Waals surface area contributed by atoms with Crippen LogP contribution >= 0.6 is 22.7 Å². The lowest BCUT2D eigenvalue weighted by molar-refractivity contribution is -0.384. The number of hydrogen-bond acceptors (Lipinski definition) is 10. The van der Waals surface area contributed by atoms with Crippen molar-refractivity contribution >= 4 is 49.9 Å². The Labute approximate surface area is 237 Å². The predicted octanol–water partition coefficient (Wildman–Crippen LogP) is 5.03. The van der Waals surface area contributed by atoms with Gasteiger partial charge in [-0.05, 0) is 12.1 Å². The standard InChI is InChI=1S/C26H18N6O7S2/c33-22(9-14-12-40-25-27-17(10-29(14)25)15-5-1-3-7-19(15)31(36)37)23(24(34)35)21-13-41-26-28-18(11-30(21)26)16-6-2-4-8-20(16)32(38)39/h1-8,10-13,22-23,33H,9H2,(H,34,35). The maximum Gasteiger partial charge on any atom is 0.315 e. The van der Waals surface area contributed by atoms with E-state index in [1.165, 1.54) is 34.1 Å². The van der Waals surface area contributed by atoms with E-state index in [0.717, 1.165) is 11.3 Å². The number of aromatic nitrogens is 4. The highest BCUT2D eigenvalue weighted by atomic mass is 32.1. The van der Waals surface area contributed by atoms with Gasteiger partial charge >= 0.3 is 5.97 Å². The molecular weight excluding hydrogens is 572 g/mol. The highest BCUT2D eigenvalue weighted by molar-refractivity contribution is 7.15. The zero-order chi connectivity index (χ0) is 28.8. The quantitative estimate of drug-likeness (QED) is 0.173. The molecule has 2 atom stereocenters. The van der Waals surface area contributed by atoms with Gasteiger partial charge in [-0.25, -0.2) is 9.97 Å². The van der Waals surface area contributed by atoms with Gasteiger partial charge in [-0.15, -0.1) is 22.7 Å². The van der Waals surface area contributed by atoms with Gasteiger partial charge in [0.05, 0.1) is 44.2 Å². The summed E-state index contributed by atoms with van der Waals surface area (Å²) in [5.41, 5.74) is 1.98. The SMILES string of the molecule is O=C(O)C(c1csc2nc(-c3ccccc3[N+](=O)[O-])cn12)C(O)Cc1csc2nc(-c3ccccc3[N+](=O)[O-])cn12. The third-order valence-electron chi connectivity index (χ3n) is 6.66. The molecule has 0 saturated heterocycles. The van der Waals surface area contributed by atoms with Crippen LogP contribution in [0.3, 0.4) is 0 Å². The van der Waals surface area contributed by atoms with Crippen LogP contribution in [0.25, 0.3) is 32.4 Å². The second-order valence-corrected chi connectivity index (χ2v) is 10.8. The summed E-state index contributed by atoms with van der Waals surface area (Å²) in [5.74, 6) is -2.60. The number of thiazole rings is 2. The Morgan fingerprint density at radius 1 is 0.854 bits per heavy atom. The number of nitrogens with zero attached hydrogens (tertiary/aromatic N) is 6. The molecule has 0 amide bonds. The number of hydrogen-bond donors (Lipinski definition) is 2. The Hall–Kier alpha value is -4.99. The molecule has 0 saturated carbocycles. The largest absolute Gasteiger partial charge is 0.481 e. The molecule has 0 fully saturated rings. The molecule has 0 bridgehead atoms. The maximum absolute atomic E-state index is 12.4. The Morgan fingerprint density at radius 3 is 1.93 bits per heavy atom. The molecule has 4 heterocycles. The summed E-state index contributed by atoms with van der Waals surface area (Å²) in [6, 6.07) is 12.4. The zero-order valence-corrected chi connectivity index (χ0v) is 22.4. The molecule has 13 nitrogen and oxygen atoms in total. The van der Waals surface area contributed by atoms with Crippen molar-refractivity contribution in [3.8, 4) is 22.5 Å². The van der Waals surface area contributed by atoms with E-state index in [1.54, 1.807) is 57.8 Å². The van der Waals surface area contributed by atoms with Crippen molar-refractivity contribution < 1.29 is 24.9 Å². The van der Waals surface area contributed by atoms with Crippen LogP contribution in [0.2, 0.25) is 0 Å². The summed E-state index contributed by atoms with van der Waals surface area (Å²) in [5, 5.41) is 47.7. The number of carboxylic acid groups (broad SMARTS) is 1. The van der Waals surface area contributed by atoms with Crippen LogP contribution in [-0.4, -0.2) is 50.9 Å². The van der Waals surface area contributed by atoms with E-state index in [9.17, 15) is 35.2 Å². The lowest BCUT2D eigenvalue weighted by atomic mass is 9.96. The number of carboxylic acids is 1. The lowest BCUT2D eigenvalue weighted by Crippen LogP contribution is -2.29. The van der Waals surface area contributed by atoms with Crippen LogP contribution in [0, 0.1) is 20.2 Å². The highest BCUT2D eigenvalue weighted by Crippen LogP contribution is 2.35. The van der Waals surface area contributed by atoms with Gasteiger partial charge in [0.1, 0.15) is 5.92 Å². The fourth-order valence-electron chi connectivity index (χ4n) is 4.78. The number of benzene rings is 2. The number of imidazole rings is 2. The van der Waals surface area contributed by atoms with E-state index in [1.807, 2.05) is 0 Å². The van der Waals surface area contributed by atoms with E-state index in [-0.39, 0.29) is 23.5 Å². The minimum atomic E-state index is -1.36. The number of aliphatic hydroxyl groups is 1. The molecule has 0 aliphatic heterocycles. The fraction of sp³-hybridized carbons (Fsp3) is 0.115. The second kappa shape index (κ2) is 10.2. The van der Waals surface area contributed by atoms with E-state index in [0.29, 0.717) is 38.1 Å². The fourth-order valence-corrected chi connectivity index (χ4v) is 6.57. The normalized spacial score (nSPS) is 13.0. The maximum atomic E-state index is 12.4. The van der Waals surface area contributed by atoms with Crippen molar-refractivity contribution in [1.29, 1.82) is 0 Å². The summed E-state index contributed by atoms with van der Waals surface area (Å²) in [7, 11) is 0. The van der Waals surface area contributed by atoms with Gasteiger partial charge in [-0.2, -0.15) is 0 Å². The first-order valence-electron chi connectivity index (χ1n) is 12.0. The number of nitro groups is 2. The minimum absolute atomic E-state index is 0.0489. The summed E-state index contributed by atoms with van der Waals surface area (Å²) in [6.45, 7) is 0. The molecule has 15 heteroatoms. The van der Waals surface area contributed by atoms with Gasteiger partial charge in [0.25, 0.3) is 11.4 Å². The van der Waals surface area contributed by atoms with Gasteiger partial charge in [0.15, 0.2) is 9.92 Å². The monoisotopic (exact) mass is 590 g/mol. The lowest BCUT2D eigenvalue weighted by Gasteiger charge is -2.18. The van der Waals surface area contributed by atoms with Gasteiger partial charge in [0.2, 0.25) is 0 Å². The molecule has 0 spiro atoms. The smallest absolute Gasteiger partial charge is 0.315 e. The third-order valence-corrected chi connectivity index (χ3v) is 8.41. The van der Waals surface area contributed by atoms with Gasteiger partial charge in [-0.1, -0.05) is 24.3 Å². The van der Waals surface area contributed by atoms with Crippen molar-refractivity contribution in [1.82, 2.24) is 18.8 Å². The molecule has 206 valence electrons. The van der Waals surface area contributed by atoms with Crippen LogP contribution < -0.4 is 0 Å². The van der Waals surface area contributed by atoms with Crippen LogP contribution in [0.4, 0.5) is 11.4 Å². The first-order valence-corrected chi connectivity index (χ1v) is 13.8. The number of fused-ring (bicyclic) bond motifs is 2. The first-order chi connectivity index (χ1) is 19.7. The third kappa shape index (κ3) is 4.61. The van der Waals surface area contributed by atoms with Crippen molar-refractivity contribution in [3.63, 3.8) is 0 Å². The van der Waals surface area contributed by atoms with Crippen LogP contribution in [0.15, 0.2) is 71.7 Å². The number of para-hydroxylation sites is 2. The minimum Gasteiger partial charge on any atom is -0.481 e. The van der Waals surface area contributed by atoms with E-state index < -0.39 is 27.8 Å². The Balaban J connectivity index is 1.33. The summed E-state index contributed by atoms with van der Waals surface area (Å²) in [6.07, 6.45) is 1.75. The van der Waals surface area contributed by atoms with E-state index in [4.69, 9.17) is 0 Å². The van der Waals surface area contributed by atoms with Gasteiger partial charge in [-0.3, -0.25) is 33.8 Å². The van der Waals surface area contributed by atoms with Crippen LogP contribution in [0.1, 0.15) is 17.3 Å². The number of aliphatic hydroxyl groups excluding tert-OH is 1. The molecule has 41 heavy (non-hydrogen) atoms. The number of aliphatic carboxylic acids is 1. The Kier molecular flexibility index (Phi) is 6.53. The number of rotatable bonds is 9. The molecule has 0 radical (unpaired) electrons. The van der Waals surface area contributed by atoms with Crippen molar-refractivity contribution in [2.24, 2.45) is 0 Å². The molecule has 6 rings (SSSR count). The molecule has 0 aliphatic rings. The van der Waals surface area contributed by atoms with Crippen molar-refractivity contribution in [3.05, 3.63) is 103 Å². The Bertz CT molecular complexity index is 1970. The van der Waals surface area contributed by atoms with Crippen molar-refractivity contribution in [2.45, 2.75) is 18.4 Å². The first kappa shape index (κ1) is 26.2. The van der Waals surface area contributed by atoms with Gasteiger partial charge < -0.3 is 10.2 Å². The second-order valence-electron chi connectivity index (χ2n) is 9.08. The molecule has 2 N–H and O–H groups in total. The predicted molar refractivity (Wildman–Crippen MR) is 150 cm³/mol. The molecular formula is C26H18N6O7S2. The molecule has 4 aromatic heterocycles. The van der Waals surface area contributed by atoms with Crippen molar-refractivity contribution in [2.75, 3.05) is 0 Å². The topological polar surface area (TPSA) is 178 Å².